The Morgan fingerprint density at radius 2 is 1.84 bits per heavy atom. The first-order chi connectivity index (χ1) is 15.5. The molecule has 1 amide bonds. The number of benzene rings is 3. The highest BCUT2D eigenvalue weighted by Crippen LogP contribution is 2.32. The Morgan fingerprint density at radius 3 is 2.56 bits per heavy atom. The van der Waals surface area contributed by atoms with Crippen molar-refractivity contribution in [3.05, 3.63) is 83.1 Å². The fraction of sp³-hybridized carbons (Fsp3) is 0.0870. The number of carbonyl (C=O) groups excluding carboxylic acids is 1. The minimum absolute atomic E-state index is 0.262. The summed E-state index contributed by atoms with van der Waals surface area (Å²) < 4.78 is 24.9. The molecular formula is C23H17ClFN3O3S. The zero-order valence-corrected chi connectivity index (χ0v) is 18.4. The lowest BCUT2D eigenvalue weighted by molar-refractivity contribution is -0.120. The van der Waals surface area contributed by atoms with Crippen molar-refractivity contribution in [2.24, 2.45) is 5.10 Å². The van der Waals surface area contributed by atoms with Gasteiger partial charge in [0.15, 0.2) is 6.61 Å². The Kier molecular flexibility index (Phi) is 6.63. The molecule has 0 saturated heterocycles. The van der Waals surface area contributed by atoms with Gasteiger partial charge in [0.2, 0.25) is 5.13 Å². The number of nitrogens with zero attached hydrogens (tertiary/aromatic N) is 3. The Labute approximate surface area is 192 Å². The molecule has 3 aromatic carbocycles. The van der Waals surface area contributed by atoms with E-state index in [9.17, 15) is 9.18 Å². The molecule has 162 valence electrons. The molecule has 4 rings (SSSR count). The first-order valence-corrected chi connectivity index (χ1v) is 10.7. The Morgan fingerprint density at radius 1 is 1.12 bits per heavy atom. The van der Waals surface area contributed by atoms with Gasteiger partial charge in [0.25, 0.3) is 5.91 Å². The molecule has 0 N–H and O–H groups in total. The number of rotatable bonds is 7. The topological polar surface area (TPSA) is 64.0 Å². The van der Waals surface area contributed by atoms with Crippen molar-refractivity contribution < 1.29 is 18.7 Å². The lowest BCUT2D eigenvalue weighted by atomic mass is 10.2. The molecule has 0 saturated carbocycles. The Bertz CT molecular complexity index is 1260. The number of aromatic nitrogens is 1. The van der Waals surface area contributed by atoms with Gasteiger partial charge in [0.1, 0.15) is 17.3 Å². The number of ether oxygens (including phenoxy) is 2. The highest BCUT2D eigenvalue weighted by molar-refractivity contribution is 7.22. The maximum atomic E-state index is 13.2. The average molecular weight is 470 g/mol. The van der Waals surface area contributed by atoms with Gasteiger partial charge in [-0.05, 0) is 60.2 Å². The van der Waals surface area contributed by atoms with Gasteiger partial charge in [-0.25, -0.2) is 9.37 Å². The summed E-state index contributed by atoms with van der Waals surface area (Å²) in [4.78, 5) is 17.5. The Balaban J connectivity index is 1.61. The normalized spacial score (nSPS) is 11.1. The third-order valence-electron chi connectivity index (χ3n) is 4.37. The van der Waals surface area contributed by atoms with E-state index in [-0.39, 0.29) is 12.4 Å². The van der Waals surface area contributed by atoms with Crippen molar-refractivity contribution in [2.75, 3.05) is 18.7 Å². The van der Waals surface area contributed by atoms with Gasteiger partial charge < -0.3 is 9.47 Å². The standard InChI is InChI=1S/C23H17ClFN3O3S/c1-30-19-10-11-20-21(12-19)32-23(27-20)28(26-13-15-2-6-17(25)7-3-15)22(29)14-31-18-8-4-16(24)5-9-18/h2-13H,14H2,1H3/b26-13+. The van der Waals surface area contributed by atoms with Crippen LogP contribution in [0.2, 0.25) is 5.02 Å². The molecule has 0 radical (unpaired) electrons. The van der Waals surface area contributed by atoms with Crippen LogP contribution >= 0.6 is 22.9 Å². The first-order valence-electron chi connectivity index (χ1n) is 9.47. The van der Waals surface area contributed by atoms with Gasteiger partial charge in [0.05, 0.1) is 23.5 Å². The molecule has 1 heterocycles. The highest BCUT2D eigenvalue weighted by atomic mass is 35.5. The Hall–Kier alpha value is -3.49. The summed E-state index contributed by atoms with van der Waals surface area (Å²) in [7, 11) is 1.58. The number of hydrogen-bond acceptors (Lipinski definition) is 6. The summed E-state index contributed by atoms with van der Waals surface area (Å²) in [5.41, 5.74) is 1.34. The SMILES string of the molecule is COc1ccc2nc(N(/N=C/c3ccc(F)cc3)C(=O)COc3ccc(Cl)cc3)sc2c1. The number of hydrazone groups is 1. The third kappa shape index (κ3) is 5.22. The number of anilines is 1. The lowest BCUT2D eigenvalue weighted by Crippen LogP contribution is -2.30. The van der Waals surface area contributed by atoms with Crippen molar-refractivity contribution in [2.45, 2.75) is 0 Å². The lowest BCUT2D eigenvalue weighted by Gasteiger charge is -2.14. The van der Waals surface area contributed by atoms with Gasteiger partial charge in [-0.1, -0.05) is 35.1 Å². The largest absolute Gasteiger partial charge is 0.497 e. The van der Waals surface area contributed by atoms with Crippen LogP contribution in [0.25, 0.3) is 10.2 Å². The molecule has 0 aliphatic heterocycles. The van der Waals surface area contributed by atoms with E-state index in [4.69, 9.17) is 21.1 Å². The molecule has 6 nitrogen and oxygen atoms in total. The van der Waals surface area contributed by atoms with Crippen LogP contribution in [0.1, 0.15) is 5.56 Å². The van der Waals surface area contributed by atoms with Crippen LogP contribution in [-0.4, -0.2) is 30.8 Å². The maximum absolute atomic E-state index is 13.2. The van der Waals surface area contributed by atoms with E-state index < -0.39 is 5.91 Å². The zero-order valence-electron chi connectivity index (χ0n) is 16.9. The monoisotopic (exact) mass is 469 g/mol. The van der Waals surface area contributed by atoms with Crippen molar-refractivity contribution in [1.82, 2.24) is 4.98 Å². The molecule has 0 aliphatic carbocycles. The predicted molar refractivity (Wildman–Crippen MR) is 125 cm³/mol. The number of carbonyl (C=O) groups is 1. The van der Waals surface area contributed by atoms with E-state index in [1.807, 2.05) is 12.1 Å². The average Bonchev–Trinajstić information content (AvgIpc) is 3.22. The molecule has 1 aromatic heterocycles. The van der Waals surface area contributed by atoms with Gasteiger partial charge >= 0.3 is 0 Å². The maximum Gasteiger partial charge on any atom is 0.287 e. The van der Waals surface area contributed by atoms with E-state index in [0.717, 1.165) is 4.70 Å². The second kappa shape index (κ2) is 9.76. The summed E-state index contributed by atoms with van der Waals surface area (Å²) in [6.45, 7) is -0.262. The molecular weight excluding hydrogens is 453 g/mol. The van der Waals surface area contributed by atoms with Crippen LogP contribution in [0.15, 0.2) is 71.8 Å². The number of methoxy groups -OCH3 is 1. The van der Waals surface area contributed by atoms with Crippen molar-refractivity contribution in [3.63, 3.8) is 0 Å². The molecule has 0 aliphatic rings. The summed E-state index contributed by atoms with van der Waals surface area (Å²) in [5, 5.41) is 6.43. The van der Waals surface area contributed by atoms with Crippen LogP contribution in [0.4, 0.5) is 9.52 Å². The molecule has 0 spiro atoms. The number of thiazole rings is 1. The molecule has 0 fully saturated rings. The van der Waals surface area contributed by atoms with Gasteiger partial charge in [0, 0.05) is 5.02 Å². The van der Waals surface area contributed by atoms with E-state index >= 15 is 0 Å². The van der Waals surface area contributed by atoms with Gasteiger partial charge in [-0.3, -0.25) is 4.79 Å². The number of fused-ring (bicyclic) bond motifs is 1. The highest BCUT2D eigenvalue weighted by Gasteiger charge is 2.20. The van der Waals surface area contributed by atoms with E-state index in [1.165, 1.54) is 34.7 Å². The second-order valence-electron chi connectivity index (χ2n) is 6.57. The van der Waals surface area contributed by atoms with Crippen molar-refractivity contribution in [3.8, 4) is 11.5 Å². The number of hydrogen-bond donors (Lipinski definition) is 0. The smallest absolute Gasteiger partial charge is 0.287 e. The fourth-order valence-corrected chi connectivity index (χ4v) is 3.84. The molecule has 0 bridgehead atoms. The van der Waals surface area contributed by atoms with Crippen LogP contribution < -0.4 is 14.5 Å². The molecule has 4 aromatic rings. The summed E-state index contributed by atoms with van der Waals surface area (Å²) >= 11 is 7.18. The number of halogens is 2. The third-order valence-corrected chi connectivity index (χ3v) is 5.62. The predicted octanol–water partition coefficient (Wildman–Crippen LogP) is 5.54. The molecule has 0 unspecified atom stereocenters. The first kappa shape index (κ1) is 21.7. The van der Waals surface area contributed by atoms with Crippen molar-refractivity contribution >= 4 is 50.4 Å². The molecule has 32 heavy (non-hydrogen) atoms. The van der Waals surface area contributed by atoms with Crippen molar-refractivity contribution in [1.29, 1.82) is 0 Å². The quantitative estimate of drug-likeness (QED) is 0.263. The zero-order chi connectivity index (χ0) is 22.5. The number of amides is 1. The summed E-state index contributed by atoms with van der Waals surface area (Å²) in [6.07, 6.45) is 1.46. The van der Waals surface area contributed by atoms with Gasteiger partial charge in [-0.2, -0.15) is 10.1 Å². The van der Waals surface area contributed by atoms with E-state index in [0.29, 0.717) is 32.7 Å². The van der Waals surface area contributed by atoms with Crippen LogP contribution in [0.5, 0.6) is 11.5 Å². The van der Waals surface area contributed by atoms with E-state index in [2.05, 4.69) is 10.1 Å². The van der Waals surface area contributed by atoms with E-state index in [1.54, 1.807) is 49.6 Å². The summed E-state index contributed by atoms with van der Waals surface area (Å²) in [6, 6.07) is 17.9. The second-order valence-corrected chi connectivity index (χ2v) is 8.02. The minimum Gasteiger partial charge on any atom is -0.497 e. The van der Waals surface area contributed by atoms with Crippen LogP contribution in [-0.2, 0) is 4.79 Å². The van der Waals surface area contributed by atoms with Crippen LogP contribution in [0, 0.1) is 5.82 Å². The summed E-state index contributed by atoms with van der Waals surface area (Å²) in [5.74, 6) is 0.404. The molecule has 0 atom stereocenters. The van der Waals surface area contributed by atoms with Gasteiger partial charge in [-0.15, -0.1) is 0 Å². The molecule has 9 heteroatoms. The fourth-order valence-electron chi connectivity index (χ4n) is 2.74. The van der Waals surface area contributed by atoms with Crippen LogP contribution in [0.3, 0.4) is 0 Å². The minimum atomic E-state index is -0.427.